The van der Waals surface area contributed by atoms with Gasteiger partial charge in [0.2, 0.25) is 5.91 Å². The van der Waals surface area contributed by atoms with Crippen LogP contribution >= 0.6 is 0 Å². The van der Waals surface area contributed by atoms with Crippen molar-refractivity contribution in [1.82, 2.24) is 25.1 Å². The van der Waals surface area contributed by atoms with E-state index >= 15 is 0 Å². The van der Waals surface area contributed by atoms with Crippen LogP contribution in [0.4, 0.5) is 10.4 Å². The molecule has 0 unspecified atom stereocenters. The summed E-state index contributed by atoms with van der Waals surface area (Å²) in [6.45, 7) is 4.79. The molecule has 0 aromatic carbocycles. The Morgan fingerprint density at radius 3 is 2.81 bits per heavy atom. The monoisotopic (exact) mass is 374 g/mol. The van der Waals surface area contributed by atoms with Crippen molar-refractivity contribution in [2.45, 2.75) is 24.7 Å². The summed E-state index contributed by atoms with van der Waals surface area (Å²) in [5, 5.41) is 3.32. The molecule has 0 bridgehead atoms. The third-order valence-electron chi connectivity index (χ3n) is 5.84. The number of alkyl halides is 1. The molecule has 8 nitrogen and oxygen atoms in total. The number of carbonyl (C=O) groups excluding carboxylic acids is 1. The third kappa shape index (κ3) is 3.14. The maximum absolute atomic E-state index is 13.0. The number of rotatable bonds is 3. The zero-order chi connectivity index (χ0) is 18.4. The summed E-state index contributed by atoms with van der Waals surface area (Å²) in [6, 6.07) is 2.67. The molecule has 5 rings (SSSR count). The third-order valence-corrected chi connectivity index (χ3v) is 5.84. The van der Waals surface area contributed by atoms with E-state index < -0.39 is 6.17 Å². The van der Waals surface area contributed by atoms with Crippen LogP contribution in [0.2, 0.25) is 0 Å². The van der Waals surface area contributed by atoms with E-state index in [0.29, 0.717) is 17.6 Å². The molecule has 1 amide bonds. The number of aromatic nitrogens is 2. The van der Waals surface area contributed by atoms with Gasteiger partial charge in [-0.1, -0.05) is 0 Å². The standard InChI is InChI=1S/C18H23FN6O2/c19-12-10-25(11-12)17(26)15-7-13(8-21-15)23-3-5-24(6-4-23)18-22-14-1-2-20-9-16(14)27-18/h1-2,9,12-13,15,21H,3-8,10-11H2/t13-,15-/m0/s1. The molecule has 3 saturated heterocycles. The van der Waals surface area contributed by atoms with Crippen LogP contribution in [0.25, 0.3) is 11.1 Å². The van der Waals surface area contributed by atoms with E-state index in [2.05, 4.69) is 25.1 Å². The number of piperazine rings is 1. The van der Waals surface area contributed by atoms with Gasteiger partial charge in [-0.3, -0.25) is 14.7 Å². The maximum Gasteiger partial charge on any atom is 0.298 e. The summed E-state index contributed by atoms with van der Waals surface area (Å²) in [5.74, 6) is 0.0464. The first-order chi connectivity index (χ1) is 13.2. The Morgan fingerprint density at radius 1 is 1.26 bits per heavy atom. The number of oxazole rings is 1. The van der Waals surface area contributed by atoms with Crippen molar-refractivity contribution in [2.75, 3.05) is 50.7 Å². The molecule has 0 aliphatic carbocycles. The summed E-state index contributed by atoms with van der Waals surface area (Å²) in [6.07, 6.45) is 3.35. The van der Waals surface area contributed by atoms with Crippen molar-refractivity contribution in [3.05, 3.63) is 18.5 Å². The Labute approximate surface area is 156 Å². The highest BCUT2D eigenvalue weighted by molar-refractivity contribution is 5.83. The van der Waals surface area contributed by atoms with Crippen LogP contribution in [0.1, 0.15) is 6.42 Å². The van der Waals surface area contributed by atoms with Gasteiger partial charge in [0.15, 0.2) is 5.58 Å². The number of halogens is 1. The quantitative estimate of drug-likeness (QED) is 0.826. The predicted molar refractivity (Wildman–Crippen MR) is 97.3 cm³/mol. The van der Waals surface area contributed by atoms with E-state index in [0.717, 1.165) is 44.7 Å². The highest BCUT2D eigenvalue weighted by atomic mass is 19.1. The smallest absolute Gasteiger partial charge is 0.298 e. The molecule has 2 aromatic heterocycles. The van der Waals surface area contributed by atoms with E-state index in [-0.39, 0.29) is 25.0 Å². The lowest BCUT2D eigenvalue weighted by Gasteiger charge is -2.37. The van der Waals surface area contributed by atoms with Crippen LogP contribution in [0.15, 0.2) is 22.9 Å². The van der Waals surface area contributed by atoms with E-state index in [4.69, 9.17) is 4.42 Å². The fourth-order valence-electron chi connectivity index (χ4n) is 4.19. The first kappa shape index (κ1) is 16.9. The molecular weight excluding hydrogens is 351 g/mol. The number of carbonyl (C=O) groups is 1. The Balaban J connectivity index is 1.16. The minimum Gasteiger partial charge on any atom is -0.422 e. The van der Waals surface area contributed by atoms with Gasteiger partial charge in [-0.15, -0.1) is 0 Å². The molecule has 3 aliphatic heterocycles. The Morgan fingerprint density at radius 2 is 2.07 bits per heavy atom. The van der Waals surface area contributed by atoms with Gasteiger partial charge in [-0.05, 0) is 12.5 Å². The first-order valence-electron chi connectivity index (χ1n) is 9.53. The second kappa shape index (κ2) is 6.72. The zero-order valence-electron chi connectivity index (χ0n) is 15.1. The Kier molecular flexibility index (Phi) is 4.20. The number of nitrogens with one attached hydrogen (secondary N) is 1. The molecule has 9 heteroatoms. The number of nitrogens with zero attached hydrogens (tertiary/aromatic N) is 5. The second-order valence-corrected chi connectivity index (χ2v) is 7.55. The van der Waals surface area contributed by atoms with E-state index in [1.165, 1.54) is 0 Å². The van der Waals surface area contributed by atoms with E-state index in [9.17, 15) is 9.18 Å². The van der Waals surface area contributed by atoms with Gasteiger partial charge in [0, 0.05) is 45.0 Å². The van der Waals surface area contributed by atoms with E-state index in [1.807, 2.05) is 6.07 Å². The highest BCUT2D eigenvalue weighted by Crippen LogP contribution is 2.24. The van der Waals surface area contributed by atoms with Gasteiger partial charge in [-0.25, -0.2) is 4.39 Å². The van der Waals surface area contributed by atoms with Crippen LogP contribution in [-0.2, 0) is 4.79 Å². The van der Waals surface area contributed by atoms with Gasteiger partial charge in [0.05, 0.1) is 25.3 Å². The average molecular weight is 374 g/mol. The minimum absolute atomic E-state index is 0.0464. The van der Waals surface area contributed by atoms with Crippen LogP contribution in [0.5, 0.6) is 0 Å². The molecular formula is C18H23FN6O2. The summed E-state index contributed by atoms with van der Waals surface area (Å²) in [5.41, 5.74) is 1.53. The van der Waals surface area contributed by atoms with Gasteiger partial charge >= 0.3 is 0 Å². The number of likely N-dealkylation sites (tertiary alicyclic amines) is 1. The number of anilines is 1. The van der Waals surface area contributed by atoms with Crippen molar-refractivity contribution >= 4 is 23.0 Å². The molecule has 2 aromatic rings. The summed E-state index contributed by atoms with van der Waals surface area (Å²) in [4.78, 5) is 27.2. The lowest BCUT2D eigenvalue weighted by Crippen LogP contribution is -2.56. The summed E-state index contributed by atoms with van der Waals surface area (Å²) in [7, 11) is 0. The fourth-order valence-corrected chi connectivity index (χ4v) is 4.19. The Bertz CT molecular complexity index is 797. The normalized spacial score (nSPS) is 27.3. The van der Waals surface area contributed by atoms with Crippen molar-refractivity contribution in [2.24, 2.45) is 0 Å². The molecule has 27 heavy (non-hydrogen) atoms. The minimum atomic E-state index is -0.845. The molecule has 0 saturated carbocycles. The molecule has 3 fully saturated rings. The summed E-state index contributed by atoms with van der Waals surface area (Å²) >= 11 is 0. The molecule has 1 N–H and O–H groups in total. The molecule has 0 radical (unpaired) electrons. The van der Waals surface area contributed by atoms with Gasteiger partial charge < -0.3 is 19.5 Å². The van der Waals surface area contributed by atoms with Gasteiger partial charge in [0.25, 0.3) is 6.01 Å². The first-order valence-corrected chi connectivity index (χ1v) is 9.53. The lowest BCUT2D eigenvalue weighted by atomic mass is 10.1. The van der Waals surface area contributed by atoms with Crippen molar-refractivity contribution in [3.8, 4) is 0 Å². The van der Waals surface area contributed by atoms with Crippen molar-refractivity contribution in [3.63, 3.8) is 0 Å². The molecule has 144 valence electrons. The number of hydrogen-bond acceptors (Lipinski definition) is 7. The summed E-state index contributed by atoms with van der Waals surface area (Å²) < 4.78 is 18.8. The fraction of sp³-hybridized carbons (Fsp3) is 0.611. The average Bonchev–Trinajstić information content (AvgIpc) is 3.32. The van der Waals surface area contributed by atoms with Gasteiger partial charge in [0.1, 0.15) is 11.7 Å². The van der Waals surface area contributed by atoms with Crippen LogP contribution in [-0.4, -0.2) is 89.7 Å². The topological polar surface area (TPSA) is 77.7 Å². The molecule has 3 aliphatic rings. The number of fused-ring (bicyclic) bond motifs is 1. The molecule has 5 heterocycles. The number of hydrogen-bond donors (Lipinski definition) is 1. The van der Waals surface area contributed by atoms with Crippen LogP contribution in [0.3, 0.4) is 0 Å². The Hall–Kier alpha value is -2.26. The van der Waals surface area contributed by atoms with Crippen molar-refractivity contribution in [1.29, 1.82) is 0 Å². The second-order valence-electron chi connectivity index (χ2n) is 7.55. The molecule has 2 atom stereocenters. The van der Waals surface area contributed by atoms with Crippen molar-refractivity contribution < 1.29 is 13.6 Å². The maximum atomic E-state index is 13.0. The number of pyridine rings is 1. The number of amides is 1. The SMILES string of the molecule is O=C([C@@H]1C[C@H](N2CCN(c3nc4ccncc4o3)CC2)CN1)N1CC(F)C1. The zero-order valence-corrected chi connectivity index (χ0v) is 15.1. The lowest BCUT2D eigenvalue weighted by molar-refractivity contribution is -0.140. The molecule has 0 spiro atoms. The van der Waals surface area contributed by atoms with Crippen LogP contribution < -0.4 is 10.2 Å². The predicted octanol–water partition coefficient (Wildman–Crippen LogP) is 0.256. The largest absolute Gasteiger partial charge is 0.422 e. The van der Waals surface area contributed by atoms with Gasteiger partial charge in [-0.2, -0.15) is 4.98 Å². The highest BCUT2D eigenvalue weighted by Gasteiger charge is 2.39. The van der Waals surface area contributed by atoms with Crippen LogP contribution in [0, 0.1) is 0 Å². The van der Waals surface area contributed by atoms with E-state index in [1.54, 1.807) is 17.3 Å².